The van der Waals surface area contributed by atoms with Gasteiger partial charge in [-0.15, -0.1) is 0 Å². The zero-order valence-electron chi connectivity index (χ0n) is 7.73. The van der Waals surface area contributed by atoms with Crippen molar-refractivity contribution < 1.29 is 9.53 Å². The second-order valence-electron chi connectivity index (χ2n) is 3.03. The predicted octanol–water partition coefficient (Wildman–Crippen LogP) is 0.141. The van der Waals surface area contributed by atoms with Gasteiger partial charge < -0.3 is 10.5 Å². The van der Waals surface area contributed by atoms with Crippen molar-refractivity contribution in [3.63, 3.8) is 0 Å². The van der Waals surface area contributed by atoms with Crippen LogP contribution in [0.1, 0.15) is 11.3 Å². The van der Waals surface area contributed by atoms with E-state index in [2.05, 4.69) is 14.7 Å². The second kappa shape index (κ2) is 3.13. The molecule has 2 rings (SSSR count). The predicted molar refractivity (Wildman–Crippen MR) is 48.1 cm³/mol. The van der Waals surface area contributed by atoms with Crippen LogP contribution in [-0.2, 0) is 17.8 Å². The summed E-state index contributed by atoms with van der Waals surface area (Å²) in [7, 11) is 1.35. The lowest BCUT2D eigenvalue weighted by Gasteiger charge is -2.11. The molecule has 2 heterocycles. The highest BCUT2D eigenvalue weighted by Crippen LogP contribution is 2.20. The average Bonchev–Trinajstić information content (AvgIpc) is 2.59. The molecule has 2 N–H and O–H groups in total. The van der Waals surface area contributed by atoms with Gasteiger partial charge in [-0.1, -0.05) is 0 Å². The van der Waals surface area contributed by atoms with Crippen LogP contribution in [0.4, 0.5) is 10.7 Å². The number of amides is 1. The topological polar surface area (TPSA) is 81.3 Å². The Bertz CT molecular complexity index is 380. The van der Waals surface area contributed by atoms with Crippen molar-refractivity contribution in [2.75, 3.05) is 12.8 Å². The zero-order valence-corrected chi connectivity index (χ0v) is 7.73. The number of carbonyl (C=O) groups excluding carboxylic acids is 1. The molecule has 1 amide bonds. The number of nitrogens with zero attached hydrogens (tertiary/aromatic N) is 3. The summed E-state index contributed by atoms with van der Waals surface area (Å²) in [5.41, 5.74) is 7.14. The van der Waals surface area contributed by atoms with Gasteiger partial charge in [-0.3, -0.25) is 4.90 Å². The molecule has 0 saturated carbocycles. The van der Waals surface area contributed by atoms with E-state index in [-0.39, 0.29) is 12.0 Å². The SMILES string of the molecule is COC(=O)N1Cc2cnc(N)nc2C1. The average molecular weight is 194 g/mol. The van der Waals surface area contributed by atoms with Gasteiger partial charge in [0.25, 0.3) is 0 Å². The van der Waals surface area contributed by atoms with Crippen LogP contribution in [0.25, 0.3) is 0 Å². The third-order valence-corrected chi connectivity index (χ3v) is 2.11. The standard InChI is InChI=1S/C8H10N4O2/c1-14-8(13)12-3-5-2-10-7(9)11-6(5)4-12/h2H,3-4H2,1H3,(H2,9,10,11). The summed E-state index contributed by atoms with van der Waals surface area (Å²) in [6.07, 6.45) is 1.28. The van der Waals surface area contributed by atoms with Crippen LogP contribution in [0.15, 0.2) is 6.20 Å². The number of nitrogens with two attached hydrogens (primary N) is 1. The first-order valence-corrected chi connectivity index (χ1v) is 4.14. The molecule has 0 bridgehead atoms. The molecule has 6 heteroatoms. The molecule has 14 heavy (non-hydrogen) atoms. The zero-order chi connectivity index (χ0) is 10.1. The summed E-state index contributed by atoms with van der Waals surface area (Å²) < 4.78 is 4.60. The summed E-state index contributed by atoms with van der Waals surface area (Å²) in [5.74, 6) is 0.232. The lowest BCUT2D eigenvalue weighted by molar-refractivity contribution is 0.123. The van der Waals surface area contributed by atoms with Gasteiger partial charge in [-0.25, -0.2) is 14.8 Å². The summed E-state index contributed by atoms with van der Waals surface area (Å²) in [6.45, 7) is 0.928. The number of hydrogen-bond donors (Lipinski definition) is 1. The Labute approximate surface area is 80.7 Å². The fourth-order valence-corrected chi connectivity index (χ4v) is 1.43. The van der Waals surface area contributed by atoms with E-state index in [4.69, 9.17) is 5.73 Å². The Morgan fingerprint density at radius 3 is 3.14 bits per heavy atom. The fraction of sp³-hybridized carbons (Fsp3) is 0.375. The van der Waals surface area contributed by atoms with Crippen molar-refractivity contribution in [2.24, 2.45) is 0 Å². The van der Waals surface area contributed by atoms with Crippen molar-refractivity contribution in [1.82, 2.24) is 14.9 Å². The van der Waals surface area contributed by atoms with Gasteiger partial charge in [0.2, 0.25) is 5.95 Å². The smallest absolute Gasteiger partial charge is 0.410 e. The Balaban J connectivity index is 2.22. The van der Waals surface area contributed by atoms with Gasteiger partial charge in [-0.2, -0.15) is 0 Å². The van der Waals surface area contributed by atoms with Crippen molar-refractivity contribution in [3.05, 3.63) is 17.5 Å². The Morgan fingerprint density at radius 1 is 1.64 bits per heavy atom. The van der Waals surface area contributed by atoms with E-state index in [0.717, 1.165) is 11.3 Å². The summed E-state index contributed by atoms with van der Waals surface area (Å²) >= 11 is 0. The highest BCUT2D eigenvalue weighted by atomic mass is 16.5. The number of hydrogen-bond acceptors (Lipinski definition) is 5. The van der Waals surface area contributed by atoms with Crippen LogP contribution in [0, 0.1) is 0 Å². The highest BCUT2D eigenvalue weighted by molar-refractivity contribution is 5.68. The lowest BCUT2D eigenvalue weighted by atomic mass is 10.3. The molecule has 0 saturated heterocycles. The number of methoxy groups -OCH3 is 1. The van der Waals surface area contributed by atoms with Gasteiger partial charge in [0, 0.05) is 11.8 Å². The number of fused-ring (bicyclic) bond motifs is 1. The van der Waals surface area contributed by atoms with Gasteiger partial charge >= 0.3 is 6.09 Å². The molecule has 1 aromatic rings. The quantitative estimate of drug-likeness (QED) is 0.635. The largest absolute Gasteiger partial charge is 0.453 e. The first-order valence-electron chi connectivity index (χ1n) is 4.14. The van der Waals surface area contributed by atoms with Crippen molar-refractivity contribution in [1.29, 1.82) is 0 Å². The van der Waals surface area contributed by atoms with E-state index >= 15 is 0 Å². The van der Waals surface area contributed by atoms with E-state index < -0.39 is 0 Å². The number of rotatable bonds is 0. The summed E-state index contributed by atoms with van der Waals surface area (Å²) in [4.78, 5) is 20.6. The highest BCUT2D eigenvalue weighted by Gasteiger charge is 2.25. The number of carbonyl (C=O) groups is 1. The van der Waals surface area contributed by atoms with Crippen LogP contribution in [0.5, 0.6) is 0 Å². The van der Waals surface area contributed by atoms with Crippen LogP contribution in [-0.4, -0.2) is 28.1 Å². The Kier molecular flexibility index (Phi) is 1.95. The van der Waals surface area contributed by atoms with Crippen LogP contribution in [0.3, 0.4) is 0 Å². The molecular weight excluding hydrogens is 184 g/mol. The molecule has 0 unspecified atom stereocenters. The first kappa shape index (κ1) is 8.74. The lowest BCUT2D eigenvalue weighted by Crippen LogP contribution is -2.24. The molecule has 0 atom stereocenters. The Morgan fingerprint density at radius 2 is 2.43 bits per heavy atom. The monoisotopic (exact) mass is 194 g/mol. The maximum atomic E-state index is 11.2. The van der Waals surface area contributed by atoms with Gasteiger partial charge in [-0.05, 0) is 0 Å². The number of anilines is 1. The van der Waals surface area contributed by atoms with Gasteiger partial charge in [0.05, 0.1) is 25.9 Å². The van der Waals surface area contributed by atoms with Crippen LogP contribution >= 0.6 is 0 Å². The van der Waals surface area contributed by atoms with Crippen LogP contribution in [0.2, 0.25) is 0 Å². The fourth-order valence-electron chi connectivity index (χ4n) is 1.43. The van der Waals surface area contributed by atoms with E-state index in [1.807, 2.05) is 0 Å². The Hall–Kier alpha value is -1.85. The molecule has 0 aromatic carbocycles. The normalized spacial score (nSPS) is 13.9. The maximum Gasteiger partial charge on any atom is 0.410 e. The summed E-state index contributed by atoms with van der Waals surface area (Å²) in [5, 5.41) is 0. The number of aromatic nitrogens is 2. The number of ether oxygens (including phenoxy) is 1. The molecule has 6 nitrogen and oxygen atoms in total. The van der Waals surface area contributed by atoms with Crippen molar-refractivity contribution in [2.45, 2.75) is 13.1 Å². The molecule has 0 spiro atoms. The van der Waals surface area contributed by atoms with E-state index in [1.54, 1.807) is 11.1 Å². The maximum absolute atomic E-state index is 11.2. The van der Waals surface area contributed by atoms with Crippen LogP contribution < -0.4 is 5.73 Å². The van der Waals surface area contributed by atoms with Gasteiger partial charge in [0.1, 0.15) is 0 Å². The van der Waals surface area contributed by atoms with Gasteiger partial charge in [0.15, 0.2) is 0 Å². The van der Waals surface area contributed by atoms with E-state index in [0.29, 0.717) is 13.1 Å². The van der Waals surface area contributed by atoms with Crippen molar-refractivity contribution in [3.8, 4) is 0 Å². The molecule has 1 aromatic heterocycles. The minimum Gasteiger partial charge on any atom is -0.453 e. The molecule has 1 aliphatic heterocycles. The number of nitrogen functional groups attached to an aromatic ring is 1. The molecule has 0 aliphatic carbocycles. The van der Waals surface area contributed by atoms with Crippen molar-refractivity contribution >= 4 is 12.0 Å². The third kappa shape index (κ3) is 1.34. The molecule has 74 valence electrons. The molecular formula is C8H10N4O2. The first-order chi connectivity index (χ1) is 6.70. The van der Waals surface area contributed by atoms with E-state index in [1.165, 1.54) is 7.11 Å². The molecule has 1 aliphatic rings. The second-order valence-corrected chi connectivity index (χ2v) is 3.03. The molecule has 0 radical (unpaired) electrons. The summed E-state index contributed by atoms with van der Waals surface area (Å²) in [6, 6.07) is 0. The minimum atomic E-state index is -0.360. The van der Waals surface area contributed by atoms with E-state index in [9.17, 15) is 4.79 Å². The minimum absolute atomic E-state index is 0.232. The molecule has 0 fully saturated rings. The third-order valence-electron chi connectivity index (χ3n) is 2.11.